The average molecular weight is 225 g/mol. The van der Waals surface area contributed by atoms with Gasteiger partial charge in [-0.05, 0) is 17.7 Å². The molecule has 1 heterocycles. The van der Waals surface area contributed by atoms with Gasteiger partial charge in [-0.3, -0.25) is 0 Å². The van der Waals surface area contributed by atoms with Crippen LogP contribution in [0.3, 0.4) is 0 Å². The fraction of sp³-hybridized carbons (Fsp3) is 0.133. The molecule has 0 bridgehead atoms. The molecule has 17 heavy (non-hydrogen) atoms. The molecule has 0 radical (unpaired) electrons. The average Bonchev–Trinajstić information content (AvgIpc) is 2.38. The lowest BCUT2D eigenvalue weighted by atomic mass is 10.2. The molecule has 86 valence electrons. The summed E-state index contributed by atoms with van der Waals surface area (Å²) >= 11 is 0. The van der Waals surface area contributed by atoms with Crippen LogP contribution in [0.5, 0.6) is 0 Å². The summed E-state index contributed by atoms with van der Waals surface area (Å²) in [5.41, 5.74) is 2.36. The molecule has 0 atom stereocenters. The second-order valence-corrected chi connectivity index (χ2v) is 4.06. The molecule has 1 aromatic heterocycles. The number of rotatable bonds is 3. The Hall–Kier alpha value is -2.09. The third-order valence-electron chi connectivity index (χ3n) is 2.55. The molecule has 0 saturated heterocycles. The predicted octanol–water partition coefficient (Wildman–Crippen LogP) is 2.34. The number of nitrogens with zero attached hydrogens (tertiary/aromatic N) is 2. The van der Waals surface area contributed by atoms with Gasteiger partial charge in [0, 0.05) is 18.2 Å². The summed E-state index contributed by atoms with van der Waals surface area (Å²) in [6, 6.07) is 16.5. The standard InChI is InChI=1S/C15H17N2/c1-16(2)17-13-7-6-10-15(17)12-11-14-8-4-3-5-9-14/h3-13H,1-2H3/q+1/b12-11+. The summed E-state index contributed by atoms with van der Waals surface area (Å²) < 4.78 is 2.10. The van der Waals surface area contributed by atoms with Crippen LogP contribution in [0.15, 0.2) is 54.7 Å². The minimum Gasteiger partial charge on any atom is -0.186 e. The quantitative estimate of drug-likeness (QED) is 0.727. The Morgan fingerprint density at radius 2 is 1.59 bits per heavy atom. The fourth-order valence-electron chi connectivity index (χ4n) is 1.69. The molecule has 2 heteroatoms. The van der Waals surface area contributed by atoms with Crippen molar-refractivity contribution in [3.63, 3.8) is 0 Å². The van der Waals surface area contributed by atoms with E-state index in [2.05, 4.69) is 35.0 Å². The zero-order valence-corrected chi connectivity index (χ0v) is 10.2. The van der Waals surface area contributed by atoms with Gasteiger partial charge in [-0.2, -0.15) is 5.01 Å². The number of benzene rings is 1. The van der Waals surface area contributed by atoms with E-state index in [-0.39, 0.29) is 0 Å². The maximum absolute atomic E-state index is 2.12. The third kappa shape index (κ3) is 2.94. The fourth-order valence-corrected chi connectivity index (χ4v) is 1.69. The van der Waals surface area contributed by atoms with Crippen molar-refractivity contribution in [3.05, 3.63) is 66.0 Å². The van der Waals surface area contributed by atoms with Crippen molar-refractivity contribution in [2.75, 3.05) is 19.1 Å². The minimum atomic E-state index is 1.15. The molecular weight excluding hydrogens is 208 g/mol. The molecule has 0 fully saturated rings. The zero-order valence-electron chi connectivity index (χ0n) is 10.2. The highest BCUT2D eigenvalue weighted by atomic mass is 15.5. The van der Waals surface area contributed by atoms with Gasteiger partial charge in [0.25, 0.3) is 0 Å². The van der Waals surface area contributed by atoms with Gasteiger partial charge in [0.15, 0.2) is 6.20 Å². The second kappa shape index (κ2) is 5.30. The lowest BCUT2D eigenvalue weighted by Gasteiger charge is -2.06. The lowest BCUT2D eigenvalue weighted by molar-refractivity contribution is -0.689. The Labute approximate surface area is 102 Å². The summed E-state index contributed by atoms with van der Waals surface area (Å²) in [6.45, 7) is 0. The van der Waals surface area contributed by atoms with Gasteiger partial charge in [0.1, 0.15) is 0 Å². The highest BCUT2D eigenvalue weighted by Crippen LogP contribution is 2.04. The zero-order chi connectivity index (χ0) is 12.1. The second-order valence-electron chi connectivity index (χ2n) is 4.06. The van der Waals surface area contributed by atoms with E-state index in [0.29, 0.717) is 0 Å². The van der Waals surface area contributed by atoms with E-state index in [0.717, 1.165) is 5.69 Å². The molecule has 0 aliphatic carbocycles. The first-order valence-corrected chi connectivity index (χ1v) is 5.69. The highest BCUT2D eigenvalue weighted by Gasteiger charge is 2.07. The molecule has 0 aliphatic heterocycles. The smallest absolute Gasteiger partial charge is 0.186 e. The van der Waals surface area contributed by atoms with E-state index in [1.54, 1.807) is 0 Å². The van der Waals surface area contributed by atoms with E-state index in [1.165, 1.54) is 5.56 Å². The molecule has 0 amide bonds. The Balaban J connectivity index is 2.27. The molecule has 1 aromatic carbocycles. The minimum absolute atomic E-state index is 1.15. The summed E-state index contributed by atoms with van der Waals surface area (Å²) in [5.74, 6) is 0. The normalized spacial score (nSPS) is 10.7. The van der Waals surface area contributed by atoms with E-state index >= 15 is 0 Å². The van der Waals surface area contributed by atoms with Crippen LogP contribution in [0.2, 0.25) is 0 Å². The number of hydrogen-bond donors (Lipinski definition) is 0. The summed E-state index contributed by atoms with van der Waals surface area (Å²) in [6.07, 6.45) is 6.29. The van der Waals surface area contributed by atoms with Crippen LogP contribution >= 0.6 is 0 Å². The number of hydrogen-bond acceptors (Lipinski definition) is 1. The van der Waals surface area contributed by atoms with Crippen molar-refractivity contribution in [1.29, 1.82) is 0 Å². The van der Waals surface area contributed by atoms with Gasteiger partial charge in [0.05, 0.1) is 14.1 Å². The highest BCUT2D eigenvalue weighted by molar-refractivity contribution is 5.66. The van der Waals surface area contributed by atoms with Gasteiger partial charge >= 0.3 is 0 Å². The number of aromatic nitrogens is 1. The molecule has 0 spiro atoms. The van der Waals surface area contributed by atoms with Gasteiger partial charge in [-0.1, -0.05) is 35.0 Å². The Kier molecular flexibility index (Phi) is 3.55. The van der Waals surface area contributed by atoms with Crippen LogP contribution in [-0.4, -0.2) is 14.1 Å². The first-order chi connectivity index (χ1) is 8.27. The number of pyridine rings is 1. The maximum atomic E-state index is 2.12. The Bertz CT molecular complexity index is 501. The van der Waals surface area contributed by atoms with E-state index < -0.39 is 0 Å². The van der Waals surface area contributed by atoms with Crippen molar-refractivity contribution >= 4 is 12.2 Å². The molecule has 0 N–H and O–H groups in total. The van der Waals surface area contributed by atoms with Crippen LogP contribution < -0.4 is 9.69 Å². The van der Waals surface area contributed by atoms with Crippen molar-refractivity contribution in [1.82, 2.24) is 0 Å². The molecule has 2 nitrogen and oxygen atoms in total. The van der Waals surface area contributed by atoms with Crippen LogP contribution in [0.25, 0.3) is 12.2 Å². The SMILES string of the molecule is CN(C)[n+]1ccccc1/C=C/c1ccccc1. The predicted molar refractivity (Wildman–Crippen MR) is 72.1 cm³/mol. The van der Waals surface area contributed by atoms with Gasteiger partial charge < -0.3 is 0 Å². The van der Waals surface area contributed by atoms with Crippen LogP contribution in [0, 0.1) is 0 Å². The summed E-state index contributed by atoms with van der Waals surface area (Å²) in [4.78, 5) is 0. The molecule has 0 aliphatic rings. The topological polar surface area (TPSA) is 7.12 Å². The largest absolute Gasteiger partial charge is 0.235 e. The molecule has 0 unspecified atom stereocenters. The van der Waals surface area contributed by atoms with Crippen molar-refractivity contribution in [2.24, 2.45) is 0 Å². The first-order valence-electron chi connectivity index (χ1n) is 5.69. The third-order valence-corrected chi connectivity index (χ3v) is 2.55. The monoisotopic (exact) mass is 225 g/mol. The van der Waals surface area contributed by atoms with E-state index in [1.807, 2.05) is 55.6 Å². The van der Waals surface area contributed by atoms with Crippen molar-refractivity contribution in [2.45, 2.75) is 0 Å². The summed E-state index contributed by atoms with van der Waals surface area (Å²) in [5, 5.41) is 2.05. The van der Waals surface area contributed by atoms with E-state index in [9.17, 15) is 0 Å². The van der Waals surface area contributed by atoms with E-state index in [4.69, 9.17) is 0 Å². The first kappa shape index (κ1) is 11.4. The molecule has 2 rings (SSSR count). The van der Waals surface area contributed by atoms with Gasteiger partial charge in [-0.25, -0.2) is 0 Å². The Morgan fingerprint density at radius 1 is 0.882 bits per heavy atom. The maximum Gasteiger partial charge on any atom is 0.235 e. The molecule has 2 aromatic rings. The molecule has 0 saturated carbocycles. The van der Waals surface area contributed by atoms with Crippen LogP contribution in [-0.2, 0) is 0 Å². The summed E-state index contributed by atoms with van der Waals surface area (Å²) in [7, 11) is 4.06. The molecular formula is C15H17N2+. The van der Waals surface area contributed by atoms with Gasteiger partial charge in [-0.15, -0.1) is 0 Å². The lowest BCUT2D eigenvalue weighted by Crippen LogP contribution is -2.54. The van der Waals surface area contributed by atoms with Crippen LogP contribution in [0.4, 0.5) is 0 Å². The Morgan fingerprint density at radius 3 is 2.29 bits per heavy atom. The van der Waals surface area contributed by atoms with Crippen molar-refractivity contribution in [3.8, 4) is 0 Å². The van der Waals surface area contributed by atoms with Crippen molar-refractivity contribution < 1.29 is 4.68 Å². The van der Waals surface area contributed by atoms with Crippen LogP contribution in [0.1, 0.15) is 11.3 Å². The van der Waals surface area contributed by atoms with Gasteiger partial charge in [0.2, 0.25) is 5.69 Å².